The molecule has 30 heavy (non-hydrogen) atoms. The van der Waals surface area contributed by atoms with Crippen molar-refractivity contribution in [1.82, 2.24) is 4.90 Å². The molecule has 2 aromatic rings. The number of hydrogen-bond donors (Lipinski definition) is 3. The van der Waals surface area contributed by atoms with Gasteiger partial charge in [0.1, 0.15) is 11.9 Å². The number of rotatable bonds is 6. The van der Waals surface area contributed by atoms with E-state index in [4.69, 9.17) is 19.9 Å². The number of aliphatic hydroxyl groups excluding tert-OH is 2. The predicted molar refractivity (Wildman–Crippen MR) is 107 cm³/mol. The number of primary amides is 1. The predicted octanol–water partition coefficient (Wildman–Crippen LogP) is 2.16. The maximum Gasteiger partial charge on any atom is 0.254 e. The lowest BCUT2D eigenvalue weighted by Crippen LogP contribution is -2.52. The van der Waals surface area contributed by atoms with Gasteiger partial charge in [0.05, 0.1) is 0 Å². The van der Waals surface area contributed by atoms with Crippen molar-refractivity contribution < 1.29 is 29.2 Å². The quantitative estimate of drug-likeness (QED) is 0.665. The smallest absolute Gasteiger partial charge is 0.254 e. The maximum atomic E-state index is 12.2. The number of methoxy groups -OCH3 is 1. The number of amides is 1. The van der Waals surface area contributed by atoms with Crippen LogP contribution in [0.25, 0.3) is 0 Å². The Bertz CT molecular complexity index is 1020. The molecule has 9 heteroatoms. The fraction of sp³-hybridized carbons (Fsp3) is 0.238. The minimum atomic E-state index is -1.32. The van der Waals surface area contributed by atoms with E-state index in [1.54, 1.807) is 12.1 Å². The highest BCUT2D eigenvalue weighted by molar-refractivity contribution is 5.95. The zero-order valence-corrected chi connectivity index (χ0v) is 16.2. The number of benzene rings is 2. The summed E-state index contributed by atoms with van der Waals surface area (Å²) in [7, 11) is 1.49. The molecule has 0 aromatic heterocycles. The molecule has 0 fully saturated rings. The molecule has 2 aromatic carbocycles. The molecule has 0 aliphatic carbocycles. The van der Waals surface area contributed by atoms with Crippen molar-refractivity contribution in [2.75, 3.05) is 13.9 Å². The summed E-state index contributed by atoms with van der Waals surface area (Å²) in [6.07, 6.45) is -0.711. The van der Waals surface area contributed by atoms with Crippen LogP contribution in [0.5, 0.6) is 11.5 Å². The Hall–Kier alpha value is -3.72. The van der Waals surface area contributed by atoms with Crippen molar-refractivity contribution in [3.05, 3.63) is 71.3 Å². The van der Waals surface area contributed by atoms with E-state index in [-0.39, 0.29) is 19.2 Å². The van der Waals surface area contributed by atoms with Crippen molar-refractivity contribution in [2.45, 2.75) is 18.7 Å². The molecule has 4 rings (SSSR count). The van der Waals surface area contributed by atoms with Crippen LogP contribution in [0.2, 0.25) is 0 Å². The van der Waals surface area contributed by atoms with Crippen LogP contribution in [0.4, 0.5) is 0 Å². The molecule has 0 saturated heterocycles. The molecule has 2 aliphatic rings. The molecule has 4 N–H and O–H groups in total. The molecule has 0 bridgehead atoms. The summed E-state index contributed by atoms with van der Waals surface area (Å²) in [6.45, 7) is 0.281. The van der Waals surface area contributed by atoms with E-state index in [0.717, 1.165) is 11.1 Å². The summed E-state index contributed by atoms with van der Waals surface area (Å²) in [5, 5.41) is 20.5. The topological polar surface area (TPSA) is 127 Å². The van der Waals surface area contributed by atoms with Crippen LogP contribution < -0.4 is 15.2 Å². The molecular formula is C21H21N3O6. The molecule has 2 heterocycles. The van der Waals surface area contributed by atoms with Crippen molar-refractivity contribution in [3.8, 4) is 11.5 Å². The Morgan fingerprint density at radius 2 is 1.97 bits per heavy atom. The summed E-state index contributed by atoms with van der Waals surface area (Å²) in [6, 6.07) is 13.2. The van der Waals surface area contributed by atoms with Crippen molar-refractivity contribution in [3.63, 3.8) is 0 Å². The van der Waals surface area contributed by atoms with Crippen LogP contribution in [0, 0.1) is 0 Å². The number of aliphatic imine (C=N–C) groups is 1. The third-order valence-electron chi connectivity index (χ3n) is 4.95. The molecule has 2 atom stereocenters. The monoisotopic (exact) mass is 411 g/mol. The number of nitrogens with zero attached hydrogens (tertiary/aromatic N) is 2. The highest BCUT2D eigenvalue weighted by atomic mass is 16.7. The second-order valence-corrected chi connectivity index (χ2v) is 6.83. The number of amidine groups is 1. The van der Waals surface area contributed by atoms with Gasteiger partial charge in [-0.25, -0.2) is 0 Å². The molecule has 2 unspecified atom stereocenters. The first-order chi connectivity index (χ1) is 14.5. The molecule has 2 aliphatic heterocycles. The SMILES string of the molecule is COC(C1=NC(O)=C(O)C(C(N)=O)N1Cc1ccc2c(c1)OCO2)c1ccccc1. The average molecular weight is 411 g/mol. The van der Waals surface area contributed by atoms with E-state index in [9.17, 15) is 15.0 Å². The van der Waals surface area contributed by atoms with Gasteiger partial charge in [-0.1, -0.05) is 36.4 Å². The molecule has 1 amide bonds. The van der Waals surface area contributed by atoms with Gasteiger partial charge in [-0.15, -0.1) is 0 Å². The summed E-state index contributed by atoms with van der Waals surface area (Å²) in [5.74, 6) is -0.691. The number of carbonyl (C=O) groups is 1. The standard InChI is InChI=1S/C21H21N3O6/c1-28-18(13-5-3-2-4-6-13)20-23-21(27)17(25)16(19(22)26)24(20)10-12-7-8-14-15(9-12)30-11-29-14/h2-9,16,18,25,27H,10-11H2,1H3,(H2,22,26). The van der Waals surface area contributed by atoms with Crippen LogP contribution in [0.1, 0.15) is 17.2 Å². The third-order valence-corrected chi connectivity index (χ3v) is 4.95. The number of fused-ring (bicyclic) bond motifs is 1. The van der Waals surface area contributed by atoms with Crippen molar-refractivity contribution in [1.29, 1.82) is 0 Å². The van der Waals surface area contributed by atoms with Gasteiger partial charge in [-0.2, -0.15) is 4.99 Å². The Kier molecular flexibility index (Phi) is 5.20. The van der Waals surface area contributed by atoms with Crippen LogP contribution in [-0.4, -0.2) is 46.8 Å². The van der Waals surface area contributed by atoms with Gasteiger partial charge < -0.3 is 35.1 Å². The van der Waals surface area contributed by atoms with E-state index in [2.05, 4.69) is 4.99 Å². The summed E-state index contributed by atoms with van der Waals surface area (Å²) in [5.41, 5.74) is 7.09. The first-order valence-electron chi connectivity index (χ1n) is 9.22. The second-order valence-electron chi connectivity index (χ2n) is 6.83. The highest BCUT2D eigenvalue weighted by Gasteiger charge is 2.40. The lowest BCUT2D eigenvalue weighted by atomic mass is 10.0. The Labute approximate surface area is 172 Å². The van der Waals surface area contributed by atoms with Crippen LogP contribution >= 0.6 is 0 Å². The third kappa shape index (κ3) is 3.50. The molecule has 0 radical (unpaired) electrons. The fourth-order valence-electron chi connectivity index (χ4n) is 3.56. The van der Waals surface area contributed by atoms with Crippen molar-refractivity contribution >= 4 is 11.7 Å². The highest BCUT2D eigenvalue weighted by Crippen LogP contribution is 2.34. The Morgan fingerprint density at radius 3 is 2.67 bits per heavy atom. The van der Waals surface area contributed by atoms with Crippen molar-refractivity contribution in [2.24, 2.45) is 10.7 Å². The van der Waals surface area contributed by atoms with E-state index < -0.39 is 29.7 Å². The summed E-state index contributed by atoms with van der Waals surface area (Å²) >= 11 is 0. The largest absolute Gasteiger partial charge is 0.505 e. The normalized spacial score (nSPS) is 18.9. The van der Waals surface area contributed by atoms with Gasteiger partial charge >= 0.3 is 0 Å². The van der Waals surface area contributed by atoms with Gasteiger partial charge in [-0.05, 0) is 23.3 Å². The number of carbonyl (C=O) groups excluding carboxylic acids is 1. The van der Waals surface area contributed by atoms with E-state index in [1.807, 2.05) is 36.4 Å². The van der Waals surface area contributed by atoms with Gasteiger partial charge in [0.25, 0.3) is 5.88 Å². The van der Waals surface area contributed by atoms with E-state index in [0.29, 0.717) is 11.5 Å². The Balaban J connectivity index is 1.76. The maximum absolute atomic E-state index is 12.2. The van der Waals surface area contributed by atoms with Gasteiger partial charge in [0, 0.05) is 13.7 Å². The number of aliphatic hydroxyl groups is 2. The average Bonchev–Trinajstić information content (AvgIpc) is 3.20. The molecule has 156 valence electrons. The van der Waals surface area contributed by atoms with Crippen LogP contribution in [0.15, 0.2) is 65.2 Å². The minimum absolute atomic E-state index is 0.135. The van der Waals surface area contributed by atoms with Gasteiger partial charge in [-0.3, -0.25) is 4.79 Å². The van der Waals surface area contributed by atoms with E-state index in [1.165, 1.54) is 12.0 Å². The van der Waals surface area contributed by atoms with Crippen LogP contribution in [-0.2, 0) is 16.1 Å². The molecular weight excluding hydrogens is 390 g/mol. The number of nitrogens with two attached hydrogens (primary N) is 1. The molecule has 0 spiro atoms. The molecule has 9 nitrogen and oxygen atoms in total. The summed E-state index contributed by atoms with van der Waals surface area (Å²) < 4.78 is 16.4. The first kappa shape index (κ1) is 19.6. The second kappa shape index (κ2) is 7.96. The van der Waals surface area contributed by atoms with Gasteiger partial charge in [0.15, 0.2) is 23.3 Å². The lowest BCUT2D eigenvalue weighted by molar-refractivity contribution is -0.122. The van der Waals surface area contributed by atoms with Crippen LogP contribution in [0.3, 0.4) is 0 Å². The van der Waals surface area contributed by atoms with Gasteiger partial charge in [0.2, 0.25) is 12.7 Å². The lowest BCUT2D eigenvalue weighted by Gasteiger charge is -2.37. The number of ether oxygens (including phenoxy) is 3. The fourth-order valence-corrected chi connectivity index (χ4v) is 3.56. The molecule has 0 saturated carbocycles. The zero-order valence-electron chi connectivity index (χ0n) is 16.2. The first-order valence-corrected chi connectivity index (χ1v) is 9.22. The van der Waals surface area contributed by atoms with E-state index >= 15 is 0 Å². The minimum Gasteiger partial charge on any atom is -0.505 e. The number of hydrogen-bond acceptors (Lipinski definition) is 8. The zero-order chi connectivity index (χ0) is 21.3. The summed E-state index contributed by atoms with van der Waals surface area (Å²) in [4.78, 5) is 17.9. The Morgan fingerprint density at radius 1 is 1.23 bits per heavy atom.